The number of aromatic amines is 1. The molecule has 2 aromatic rings. The van der Waals surface area contributed by atoms with Gasteiger partial charge in [-0.25, -0.2) is 4.79 Å². The summed E-state index contributed by atoms with van der Waals surface area (Å²) < 4.78 is 10.6. The first-order chi connectivity index (χ1) is 12.8. The monoisotopic (exact) mass is 368 g/mol. The molecule has 6 nitrogen and oxygen atoms in total. The fraction of sp³-hybridized carbons (Fsp3) is 0.429. The molecule has 1 N–H and O–H groups in total. The van der Waals surface area contributed by atoms with Gasteiger partial charge < -0.3 is 14.5 Å². The molecule has 2 heterocycles. The Balaban J connectivity index is 1.81. The summed E-state index contributed by atoms with van der Waals surface area (Å²) in [5.74, 6) is -0.855. The molecule has 2 atom stereocenters. The first kappa shape index (κ1) is 17.6. The Kier molecular flexibility index (Phi) is 4.02. The number of carbonyl (C=O) groups excluding carboxylic acids is 2. The second-order valence-corrected chi connectivity index (χ2v) is 8.15. The first-order valence-electron chi connectivity index (χ1n) is 9.17. The molecule has 2 aliphatic rings. The van der Waals surface area contributed by atoms with E-state index in [4.69, 9.17) is 9.47 Å². The minimum absolute atomic E-state index is 0.158. The molecule has 27 heavy (non-hydrogen) atoms. The highest BCUT2D eigenvalue weighted by molar-refractivity contribution is 6.00. The van der Waals surface area contributed by atoms with Crippen LogP contribution >= 0.6 is 0 Å². The maximum atomic E-state index is 12.9. The quantitative estimate of drug-likeness (QED) is 0.782. The van der Waals surface area contributed by atoms with Crippen LogP contribution in [0.5, 0.6) is 0 Å². The largest absolute Gasteiger partial charge is 0.469 e. The predicted octanol–water partition coefficient (Wildman–Crippen LogP) is 3.52. The molecular weight excluding hydrogens is 344 g/mol. The lowest BCUT2D eigenvalue weighted by atomic mass is 9.80. The number of aromatic nitrogens is 1. The van der Waals surface area contributed by atoms with Gasteiger partial charge in [0.05, 0.1) is 19.1 Å². The molecule has 0 radical (unpaired) electrons. The number of methoxy groups -OCH3 is 1. The van der Waals surface area contributed by atoms with E-state index in [0.29, 0.717) is 6.42 Å². The lowest BCUT2D eigenvalue weighted by Crippen LogP contribution is -2.51. The molecule has 1 aromatic heterocycles. The van der Waals surface area contributed by atoms with Gasteiger partial charge in [-0.05, 0) is 50.0 Å². The van der Waals surface area contributed by atoms with Gasteiger partial charge in [0.1, 0.15) is 5.60 Å². The standard InChI is InChI=1S/C21H24N2O4/c1-21(2,3)27-20(25)23-11-13(19(24)26-4)8-15-14-6-5-7-16-18(14)12(10-22-16)9-17(15)23/h5-8,10,13,17,22H,9,11H2,1-4H3/t13-,17-/m1/s1. The third-order valence-corrected chi connectivity index (χ3v) is 5.15. The van der Waals surface area contributed by atoms with E-state index in [1.54, 1.807) is 4.90 Å². The molecule has 1 amide bonds. The maximum Gasteiger partial charge on any atom is 0.410 e. The van der Waals surface area contributed by atoms with Crippen molar-refractivity contribution in [3.63, 3.8) is 0 Å². The Morgan fingerprint density at radius 1 is 1.26 bits per heavy atom. The molecule has 6 heteroatoms. The summed E-state index contributed by atoms with van der Waals surface area (Å²) in [7, 11) is 1.37. The third kappa shape index (κ3) is 2.99. The van der Waals surface area contributed by atoms with E-state index >= 15 is 0 Å². The molecule has 0 saturated carbocycles. The van der Waals surface area contributed by atoms with E-state index in [2.05, 4.69) is 4.98 Å². The molecule has 4 rings (SSSR count). The van der Waals surface area contributed by atoms with E-state index < -0.39 is 17.6 Å². The Bertz CT molecular complexity index is 951. The van der Waals surface area contributed by atoms with Crippen molar-refractivity contribution in [3.05, 3.63) is 41.6 Å². The third-order valence-electron chi connectivity index (χ3n) is 5.15. The van der Waals surface area contributed by atoms with Gasteiger partial charge in [0.2, 0.25) is 0 Å². The summed E-state index contributed by atoms with van der Waals surface area (Å²) in [4.78, 5) is 30.2. The number of nitrogens with zero attached hydrogens (tertiary/aromatic N) is 1. The van der Waals surface area contributed by atoms with E-state index in [1.165, 1.54) is 12.7 Å². The zero-order valence-corrected chi connectivity index (χ0v) is 16.0. The molecule has 0 fully saturated rings. The number of amides is 1. The van der Waals surface area contributed by atoms with Gasteiger partial charge in [-0.15, -0.1) is 0 Å². The van der Waals surface area contributed by atoms with E-state index in [9.17, 15) is 9.59 Å². The molecule has 142 valence electrons. The number of nitrogens with one attached hydrogen (secondary N) is 1. The Labute approximate surface area is 158 Å². The zero-order valence-electron chi connectivity index (χ0n) is 16.0. The molecule has 0 spiro atoms. The van der Waals surface area contributed by atoms with Gasteiger partial charge in [0.15, 0.2) is 0 Å². The van der Waals surface area contributed by atoms with Gasteiger partial charge >= 0.3 is 12.1 Å². The number of rotatable bonds is 1. The topological polar surface area (TPSA) is 71.6 Å². The van der Waals surface area contributed by atoms with Crippen LogP contribution in [-0.4, -0.2) is 47.2 Å². The van der Waals surface area contributed by atoms with Crippen LogP contribution in [0.15, 0.2) is 30.5 Å². The van der Waals surface area contributed by atoms with E-state index in [-0.39, 0.29) is 18.6 Å². The Hall–Kier alpha value is -2.76. The lowest BCUT2D eigenvalue weighted by Gasteiger charge is -2.41. The SMILES string of the molecule is COC(=O)[C@@H]1C=C2c3cccc4[nH]cc(c34)C[C@H]2N(C(=O)OC(C)(C)C)C1. The molecule has 0 unspecified atom stereocenters. The molecule has 1 aliphatic carbocycles. The minimum Gasteiger partial charge on any atom is -0.469 e. The van der Waals surface area contributed by atoms with Crippen molar-refractivity contribution in [2.45, 2.75) is 38.8 Å². The highest BCUT2D eigenvalue weighted by Gasteiger charge is 2.41. The van der Waals surface area contributed by atoms with Crippen molar-refractivity contribution in [1.82, 2.24) is 9.88 Å². The number of ether oxygens (including phenoxy) is 2. The smallest absolute Gasteiger partial charge is 0.410 e. The van der Waals surface area contributed by atoms with Crippen molar-refractivity contribution >= 4 is 28.5 Å². The molecule has 1 aliphatic heterocycles. The molecular formula is C21H24N2O4. The van der Waals surface area contributed by atoms with Gasteiger partial charge in [0.25, 0.3) is 0 Å². The molecule has 0 bridgehead atoms. The summed E-state index contributed by atoms with van der Waals surface area (Å²) in [6.07, 6.45) is 4.25. The van der Waals surface area contributed by atoms with Crippen LogP contribution in [0, 0.1) is 5.92 Å². The predicted molar refractivity (Wildman–Crippen MR) is 102 cm³/mol. The van der Waals surface area contributed by atoms with Crippen molar-refractivity contribution in [2.75, 3.05) is 13.7 Å². The van der Waals surface area contributed by atoms with Crippen LogP contribution in [-0.2, 0) is 20.7 Å². The van der Waals surface area contributed by atoms with E-state index in [1.807, 2.05) is 51.2 Å². The van der Waals surface area contributed by atoms with Crippen molar-refractivity contribution < 1.29 is 19.1 Å². The highest BCUT2D eigenvalue weighted by Crippen LogP contribution is 2.41. The van der Waals surface area contributed by atoms with Crippen LogP contribution in [0.1, 0.15) is 31.9 Å². The first-order valence-corrected chi connectivity index (χ1v) is 9.17. The average Bonchev–Trinajstić information content (AvgIpc) is 3.03. The fourth-order valence-corrected chi connectivity index (χ4v) is 4.06. The molecule has 0 saturated heterocycles. The summed E-state index contributed by atoms with van der Waals surface area (Å²) >= 11 is 0. The minimum atomic E-state index is -0.604. The van der Waals surface area contributed by atoms with E-state index in [0.717, 1.165) is 22.0 Å². The fourth-order valence-electron chi connectivity index (χ4n) is 4.06. The van der Waals surface area contributed by atoms with Crippen LogP contribution in [0.2, 0.25) is 0 Å². The highest BCUT2D eigenvalue weighted by atomic mass is 16.6. The van der Waals surface area contributed by atoms with Crippen LogP contribution in [0.25, 0.3) is 16.5 Å². The number of H-pyrrole nitrogens is 1. The number of esters is 1. The number of hydrogen-bond acceptors (Lipinski definition) is 4. The van der Waals surface area contributed by atoms with Gasteiger partial charge in [0, 0.05) is 23.6 Å². The van der Waals surface area contributed by atoms with Crippen LogP contribution in [0.3, 0.4) is 0 Å². The summed E-state index contributed by atoms with van der Waals surface area (Å²) in [5, 5.41) is 1.16. The van der Waals surface area contributed by atoms with Crippen molar-refractivity contribution in [3.8, 4) is 0 Å². The van der Waals surface area contributed by atoms with Gasteiger partial charge in [-0.1, -0.05) is 18.2 Å². The van der Waals surface area contributed by atoms with Crippen molar-refractivity contribution in [1.29, 1.82) is 0 Å². The second-order valence-electron chi connectivity index (χ2n) is 8.15. The summed E-state index contributed by atoms with van der Waals surface area (Å²) in [6, 6.07) is 5.91. The lowest BCUT2D eigenvalue weighted by molar-refractivity contribution is -0.144. The van der Waals surface area contributed by atoms with Gasteiger partial charge in [-0.2, -0.15) is 0 Å². The Morgan fingerprint density at radius 3 is 2.74 bits per heavy atom. The number of hydrogen-bond donors (Lipinski definition) is 1. The molecule has 1 aromatic carbocycles. The van der Waals surface area contributed by atoms with Gasteiger partial charge in [-0.3, -0.25) is 9.69 Å². The maximum absolute atomic E-state index is 12.9. The van der Waals surface area contributed by atoms with Crippen molar-refractivity contribution in [2.24, 2.45) is 5.92 Å². The Morgan fingerprint density at radius 2 is 2.04 bits per heavy atom. The van der Waals surface area contributed by atoms with Crippen LogP contribution < -0.4 is 0 Å². The summed E-state index contributed by atoms with van der Waals surface area (Å²) in [6.45, 7) is 5.78. The summed E-state index contributed by atoms with van der Waals surface area (Å²) in [5.41, 5.74) is 3.67. The number of fused-ring (bicyclic) bond motifs is 2. The van der Waals surface area contributed by atoms with Crippen LogP contribution in [0.4, 0.5) is 4.79 Å². The number of benzene rings is 1. The number of carbonyl (C=O) groups is 2. The normalized spacial score (nSPS) is 21.5. The average molecular weight is 368 g/mol. The second kappa shape index (κ2) is 6.15. The zero-order chi connectivity index (χ0) is 19.3.